The second-order valence-electron chi connectivity index (χ2n) is 5.89. The fraction of sp³-hybridized carbons (Fsp3) is 0.750. The van der Waals surface area contributed by atoms with Gasteiger partial charge >= 0.3 is 0 Å². The van der Waals surface area contributed by atoms with Gasteiger partial charge in [-0.3, -0.25) is 0 Å². The highest BCUT2D eigenvalue weighted by Crippen LogP contribution is 2.34. The zero-order chi connectivity index (χ0) is 14.4. The summed E-state index contributed by atoms with van der Waals surface area (Å²) in [6.45, 7) is 5.69. The van der Waals surface area contributed by atoms with Crippen molar-refractivity contribution in [3.05, 3.63) is 18.1 Å². The van der Waals surface area contributed by atoms with Crippen LogP contribution in [0.1, 0.15) is 45.2 Å². The Kier molecular flexibility index (Phi) is 5.77. The van der Waals surface area contributed by atoms with Gasteiger partial charge in [0.1, 0.15) is 6.33 Å². The first-order valence-electron chi connectivity index (χ1n) is 7.82. The van der Waals surface area contributed by atoms with Gasteiger partial charge in [0, 0.05) is 24.2 Å². The third-order valence-corrected chi connectivity index (χ3v) is 4.44. The molecule has 0 bridgehead atoms. The van der Waals surface area contributed by atoms with E-state index < -0.39 is 0 Å². The fourth-order valence-electron chi connectivity index (χ4n) is 3.30. The summed E-state index contributed by atoms with van der Waals surface area (Å²) in [6.07, 6.45) is 7.80. The topological polar surface area (TPSA) is 47.0 Å². The molecule has 1 aliphatic rings. The van der Waals surface area contributed by atoms with E-state index >= 15 is 0 Å². The Bertz CT molecular complexity index is 410. The molecule has 0 radical (unpaired) electrons. The van der Waals surface area contributed by atoms with Crippen molar-refractivity contribution >= 4 is 0 Å². The van der Waals surface area contributed by atoms with Crippen LogP contribution in [0.25, 0.3) is 0 Å². The minimum absolute atomic E-state index is 0.520. The van der Waals surface area contributed by atoms with Crippen LogP contribution in [0, 0.1) is 11.8 Å². The maximum Gasteiger partial charge on any atom is 0.216 e. The van der Waals surface area contributed by atoms with Crippen LogP contribution in [0.4, 0.5) is 0 Å². The number of ether oxygens (including phenoxy) is 1. The van der Waals surface area contributed by atoms with E-state index in [4.69, 9.17) is 4.74 Å². The van der Waals surface area contributed by atoms with Crippen molar-refractivity contribution in [2.24, 2.45) is 11.8 Å². The predicted octanol–water partition coefficient (Wildman–Crippen LogP) is 2.83. The fourth-order valence-corrected chi connectivity index (χ4v) is 3.30. The molecule has 4 nitrogen and oxygen atoms in total. The molecule has 3 atom stereocenters. The SMILES string of the molecule is CCCNC(Cc1cc(OC)ncn1)C1CCCC1C. The number of rotatable bonds is 7. The summed E-state index contributed by atoms with van der Waals surface area (Å²) in [4.78, 5) is 8.49. The summed E-state index contributed by atoms with van der Waals surface area (Å²) >= 11 is 0. The van der Waals surface area contributed by atoms with Crippen molar-refractivity contribution in [3.63, 3.8) is 0 Å². The lowest BCUT2D eigenvalue weighted by Gasteiger charge is -2.28. The molecule has 1 aliphatic carbocycles. The molecule has 0 spiro atoms. The van der Waals surface area contributed by atoms with Crippen molar-refractivity contribution in [3.8, 4) is 5.88 Å². The number of hydrogen-bond acceptors (Lipinski definition) is 4. The monoisotopic (exact) mass is 277 g/mol. The molecule has 1 fully saturated rings. The number of methoxy groups -OCH3 is 1. The standard InChI is InChI=1S/C16H27N3O/c1-4-8-17-15(14-7-5-6-12(14)2)9-13-10-16(20-3)19-11-18-13/h10-12,14-15,17H,4-9H2,1-3H3. The Morgan fingerprint density at radius 3 is 2.90 bits per heavy atom. The van der Waals surface area contributed by atoms with Gasteiger partial charge in [0.2, 0.25) is 5.88 Å². The maximum atomic E-state index is 5.19. The molecular formula is C16H27N3O. The Balaban J connectivity index is 2.05. The van der Waals surface area contributed by atoms with E-state index in [1.54, 1.807) is 13.4 Å². The van der Waals surface area contributed by atoms with E-state index in [1.807, 2.05) is 6.07 Å². The maximum absolute atomic E-state index is 5.19. The summed E-state index contributed by atoms with van der Waals surface area (Å²) in [5.74, 6) is 2.24. The molecular weight excluding hydrogens is 250 g/mol. The Labute approximate surface area is 122 Å². The lowest BCUT2D eigenvalue weighted by molar-refractivity contribution is 0.293. The molecule has 1 aromatic rings. The van der Waals surface area contributed by atoms with Crippen molar-refractivity contribution in [1.29, 1.82) is 0 Å². The van der Waals surface area contributed by atoms with Gasteiger partial charge in [-0.15, -0.1) is 0 Å². The van der Waals surface area contributed by atoms with Gasteiger partial charge in [-0.1, -0.05) is 26.7 Å². The molecule has 1 N–H and O–H groups in total. The molecule has 1 heterocycles. The number of nitrogens with one attached hydrogen (secondary N) is 1. The summed E-state index contributed by atoms with van der Waals surface area (Å²) in [7, 11) is 1.65. The third kappa shape index (κ3) is 3.92. The molecule has 3 unspecified atom stereocenters. The van der Waals surface area contributed by atoms with Gasteiger partial charge in [0.25, 0.3) is 0 Å². The molecule has 2 rings (SSSR count). The Hall–Kier alpha value is -1.16. The largest absolute Gasteiger partial charge is 0.481 e. The number of nitrogens with zero attached hydrogens (tertiary/aromatic N) is 2. The summed E-state index contributed by atoms with van der Waals surface area (Å²) in [6, 6.07) is 2.48. The van der Waals surface area contributed by atoms with E-state index in [0.29, 0.717) is 11.9 Å². The lowest BCUT2D eigenvalue weighted by atomic mass is 9.87. The predicted molar refractivity (Wildman–Crippen MR) is 80.9 cm³/mol. The van der Waals surface area contributed by atoms with Crippen molar-refractivity contribution < 1.29 is 4.74 Å². The quantitative estimate of drug-likeness (QED) is 0.832. The zero-order valence-corrected chi connectivity index (χ0v) is 12.9. The summed E-state index contributed by atoms with van der Waals surface area (Å²) in [5.41, 5.74) is 1.07. The number of hydrogen-bond donors (Lipinski definition) is 1. The van der Waals surface area contributed by atoms with Crippen molar-refractivity contribution in [1.82, 2.24) is 15.3 Å². The van der Waals surface area contributed by atoms with E-state index in [1.165, 1.54) is 25.7 Å². The first-order valence-corrected chi connectivity index (χ1v) is 7.82. The van der Waals surface area contributed by atoms with Gasteiger partial charge in [0.05, 0.1) is 7.11 Å². The number of aromatic nitrogens is 2. The van der Waals surface area contributed by atoms with Crippen LogP contribution in [-0.2, 0) is 6.42 Å². The first-order chi connectivity index (χ1) is 9.74. The molecule has 1 saturated carbocycles. The Morgan fingerprint density at radius 2 is 2.25 bits per heavy atom. The molecule has 0 amide bonds. The van der Waals surface area contributed by atoms with Crippen LogP contribution in [0.3, 0.4) is 0 Å². The van der Waals surface area contributed by atoms with Crippen LogP contribution >= 0.6 is 0 Å². The van der Waals surface area contributed by atoms with Crippen molar-refractivity contribution in [2.75, 3.05) is 13.7 Å². The minimum Gasteiger partial charge on any atom is -0.481 e. The normalized spacial score (nSPS) is 23.8. The van der Waals surface area contributed by atoms with Crippen LogP contribution in [0.5, 0.6) is 5.88 Å². The second-order valence-corrected chi connectivity index (χ2v) is 5.89. The smallest absolute Gasteiger partial charge is 0.216 e. The van der Waals surface area contributed by atoms with Crippen LogP contribution in [0.2, 0.25) is 0 Å². The van der Waals surface area contributed by atoms with Crippen LogP contribution in [-0.4, -0.2) is 29.7 Å². The highest BCUT2D eigenvalue weighted by Gasteiger charge is 2.30. The lowest BCUT2D eigenvalue weighted by Crippen LogP contribution is -2.39. The summed E-state index contributed by atoms with van der Waals surface area (Å²) in [5, 5.41) is 3.73. The van der Waals surface area contributed by atoms with Gasteiger partial charge < -0.3 is 10.1 Å². The van der Waals surface area contributed by atoms with Gasteiger partial charge in [-0.25, -0.2) is 9.97 Å². The van der Waals surface area contributed by atoms with E-state index in [-0.39, 0.29) is 0 Å². The molecule has 0 aliphatic heterocycles. The zero-order valence-electron chi connectivity index (χ0n) is 12.9. The van der Waals surface area contributed by atoms with E-state index in [0.717, 1.165) is 30.5 Å². The van der Waals surface area contributed by atoms with Gasteiger partial charge in [-0.2, -0.15) is 0 Å². The highest BCUT2D eigenvalue weighted by molar-refractivity contribution is 5.14. The third-order valence-electron chi connectivity index (χ3n) is 4.44. The first kappa shape index (κ1) is 15.2. The molecule has 112 valence electrons. The molecule has 1 aromatic heterocycles. The van der Waals surface area contributed by atoms with Crippen LogP contribution in [0.15, 0.2) is 12.4 Å². The average molecular weight is 277 g/mol. The summed E-state index contributed by atoms with van der Waals surface area (Å²) < 4.78 is 5.19. The van der Waals surface area contributed by atoms with E-state index in [9.17, 15) is 0 Å². The Morgan fingerprint density at radius 1 is 1.40 bits per heavy atom. The highest BCUT2D eigenvalue weighted by atomic mass is 16.5. The average Bonchev–Trinajstić information content (AvgIpc) is 2.90. The van der Waals surface area contributed by atoms with Crippen LogP contribution < -0.4 is 10.1 Å². The molecule has 20 heavy (non-hydrogen) atoms. The van der Waals surface area contributed by atoms with Crippen molar-refractivity contribution in [2.45, 2.75) is 52.0 Å². The van der Waals surface area contributed by atoms with Gasteiger partial charge in [-0.05, 0) is 31.2 Å². The molecule has 0 saturated heterocycles. The molecule has 4 heteroatoms. The minimum atomic E-state index is 0.520. The molecule has 0 aromatic carbocycles. The second kappa shape index (κ2) is 7.58. The van der Waals surface area contributed by atoms with Gasteiger partial charge in [0.15, 0.2) is 0 Å². The van der Waals surface area contributed by atoms with E-state index in [2.05, 4.69) is 29.1 Å².